The van der Waals surface area contributed by atoms with Crippen LogP contribution in [0.3, 0.4) is 0 Å². The lowest BCUT2D eigenvalue weighted by Crippen LogP contribution is -2.30. The highest BCUT2D eigenvalue weighted by atomic mass is 19.3. The summed E-state index contributed by atoms with van der Waals surface area (Å²) in [5.41, 5.74) is 6.96. The van der Waals surface area contributed by atoms with Gasteiger partial charge in [-0.2, -0.15) is 19.0 Å². The molecule has 0 unspecified atom stereocenters. The first-order valence-corrected chi connectivity index (χ1v) is 21.9. The Morgan fingerprint density at radius 1 is 0.625 bits per heavy atom. The number of ether oxygens (including phenoxy) is 1. The Balaban J connectivity index is 0.000000178. The number of aryl methyl sites for hydroxylation is 1. The number of aromatic nitrogens is 8. The number of nitrogens with one attached hydrogen (secondary N) is 6. The molecule has 72 heavy (non-hydrogen) atoms. The second-order valence-corrected chi connectivity index (χ2v) is 16.1. The fourth-order valence-electron chi connectivity index (χ4n) is 7.46. The van der Waals surface area contributed by atoms with Crippen LogP contribution in [0.1, 0.15) is 82.7 Å². The normalized spacial score (nSPS) is 11.6. The van der Waals surface area contributed by atoms with Crippen molar-refractivity contribution in [2.75, 3.05) is 0 Å². The predicted octanol–water partition coefficient (Wildman–Crippen LogP) is 5.52. The van der Waals surface area contributed by atoms with E-state index in [2.05, 4.69) is 56.1 Å². The first-order chi connectivity index (χ1) is 34.7. The van der Waals surface area contributed by atoms with E-state index >= 15 is 0 Å². The van der Waals surface area contributed by atoms with Crippen LogP contribution in [-0.2, 0) is 19.6 Å². The summed E-state index contributed by atoms with van der Waals surface area (Å²) >= 11 is 0. The van der Waals surface area contributed by atoms with Gasteiger partial charge in [-0.1, -0.05) is 54.1 Å². The van der Waals surface area contributed by atoms with E-state index in [1.807, 2.05) is 38.1 Å². The monoisotopic (exact) mass is 978 g/mol. The van der Waals surface area contributed by atoms with Crippen LogP contribution in [0.25, 0.3) is 33.5 Å². The van der Waals surface area contributed by atoms with Crippen molar-refractivity contribution in [3.05, 3.63) is 193 Å². The lowest BCUT2D eigenvalue weighted by Gasteiger charge is -2.15. The van der Waals surface area contributed by atoms with E-state index in [1.165, 1.54) is 51.8 Å². The van der Waals surface area contributed by atoms with Gasteiger partial charge in [0.2, 0.25) is 0 Å². The summed E-state index contributed by atoms with van der Waals surface area (Å²) < 4.78 is 42.0. The molecule has 23 heteroatoms. The van der Waals surface area contributed by atoms with Gasteiger partial charge in [-0.25, -0.2) is 28.6 Å². The first kappa shape index (κ1) is 47.3. The lowest BCUT2D eigenvalue weighted by molar-refractivity contribution is -0.0499. The highest BCUT2D eigenvalue weighted by Crippen LogP contribution is 2.19. The van der Waals surface area contributed by atoms with Gasteiger partial charge in [0, 0.05) is 43.9 Å². The van der Waals surface area contributed by atoms with E-state index in [0.717, 1.165) is 16.7 Å². The number of benzene rings is 4. The molecule has 0 aliphatic heterocycles. The topological polar surface area (TPSA) is 278 Å². The van der Waals surface area contributed by atoms with Crippen LogP contribution in [0.4, 0.5) is 8.78 Å². The number of carbonyl (C=O) groups excluding carboxylic acids is 4. The van der Waals surface area contributed by atoms with Crippen LogP contribution in [0.5, 0.6) is 5.75 Å². The zero-order valence-electron chi connectivity index (χ0n) is 37.9. The molecule has 6 aromatic heterocycles. The van der Waals surface area contributed by atoms with Gasteiger partial charge in [0.25, 0.3) is 23.6 Å². The number of alkyl halides is 2. The molecular weight excluding hydrogens is 939 g/mol. The maximum Gasteiger partial charge on any atom is 0.417 e. The van der Waals surface area contributed by atoms with Crippen molar-refractivity contribution < 1.29 is 41.5 Å². The lowest BCUT2D eigenvalue weighted by atomic mass is 10.1. The SMILES string of the molecule is Cc1ccc([C@H](C)NC(=O)c2cc(C(=O)NCc3ccc4oc(=O)[nH]c4c3)nc3ccnn23)cc1.O=C(NCc1ccc2oc(=O)[nH]c2c1)c1cc(C(=O)NCc2cccc(OC(F)F)c2)n2nccc2n1. The number of amides is 4. The fourth-order valence-corrected chi connectivity index (χ4v) is 7.46. The van der Waals surface area contributed by atoms with Crippen LogP contribution in [0.15, 0.2) is 140 Å². The van der Waals surface area contributed by atoms with E-state index in [9.17, 15) is 37.5 Å². The molecule has 0 spiro atoms. The van der Waals surface area contributed by atoms with Crippen LogP contribution in [-0.4, -0.2) is 69.4 Å². The molecule has 0 saturated heterocycles. The summed E-state index contributed by atoms with van der Waals surface area (Å²) in [5, 5.41) is 19.4. The van der Waals surface area contributed by atoms with Crippen molar-refractivity contribution in [3.8, 4) is 5.75 Å². The van der Waals surface area contributed by atoms with Gasteiger partial charge in [0.15, 0.2) is 22.5 Å². The van der Waals surface area contributed by atoms with E-state index < -0.39 is 35.8 Å². The summed E-state index contributed by atoms with van der Waals surface area (Å²) in [6.45, 7) is 1.28. The van der Waals surface area contributed by atoms with Crippen molar-refractivity contribution in [1.29, 1.82) is 0 Å². The molecule has 0 saturated carbocycles. The molecule has 1 atom stereocenters. The zero-order valence-corrected chi connectivity index (χ0v) is 37.9. The third-order valence-corrected chi connectivity index (χ3v) is 11.0. The Labute approximate surface area is 403 Å². The maximum absolute atomic E-state index is 13.1. The van der Waals surface area contributed by atoms with Crippen LogP contribution in [0, 0.1) is 6.92 Å². The van der Waals surface area contributed by atoms with E-state index in [-0.39, 0.29) is 65.8 Å². The van der Waals surface area contributed by atoms with E-state index in [0.29, 0.717) is 39.0 Å². The summed E-state index contributed by atoms with van der Waals surface area (Å²) in [7, 11) is 0. The van der Waals surface area contributed by atoms with Crippen LogP contribution < -0.4 is 37.5 Å². The average molecular weight is 979 g/mol. The molecule has 0 radical (unpaired) electrons. The molecular formula is C49H40F2N12O9. The van der Waals surface area contributed by atoms with Gasteiger partial charge >= 0.3 is 18.1 Å². The van der Waals surface area contributed by atoms with Gasteiger partial charge in [0.1, 0.15) is 28.5 Å². The summed E-state index contributed by atoms with van der Waals surface area (Å²) in [6, 6.07) is 29.6. The number of rotatable bonds is 14. The number of nitrogens with zero attached hydrogens (tertiary/aromatic N) is 6. The molecule has 0 aliphatic rings. The number of halogens is 2. The molecule has 4 aromatic carbocycles. The minimum atomic E-state index is -2.96. The van der Waals surface area contributed by atoms with E-state index in [4.69, 9.17) is 8.83 Å². The Hall–Kier alpha value is -9.80. The number of hydrogen-bond donors (Lipinski definition) is 6. The quantitative estimate of drug-likeness (QED) is 0.0784. The van der Waals surface area contributed by atoms with Crippen molar-refractivity contribution in [2.24, 2.45) is 0 Å². The molecule has 364 valence electrons. The number of hydrogen-bond acceptors (Lipinski definition) is 13. The Bertz CT molecular complexity index is 3780. The number of aromatic amines is 2. The number of oxazole rings is 2. The third-order valence-electron chi connectivity index (χ3n) is 11.0. The number of fused-ring (bicyclic) bond motifs is 4. The summed E-state index contributed by atoms with van der Waals surface area (Å²) in [4.78, 5) is 88.2. The molecule has 10 aromatic rings. The van der Waals surface area contributed by atoms with Gasteiger partial charge < -0.3 is 34.8 Å². The third kappa shape index (κ3) is 10.9. The van der Waals surface area contributed by atoms with Crippen LogP contribution in [0.2, 0.25) is 0 Å². The molecule has 0 aliphatic carbocycles. The van der Waals surface area contributed by atoms with Gasteiger partial charge in [-0.3, -0.25) is 29.1 Å². The number of carbonyl (C=O) groups is 4. The Morgan fingerprint density at radius 2 is 1.12 bits per heavy atom. The molecule has 4 amide bonds. The molecule has 6 N–H and O–H groups in total. The largest absolute Gasteiger partial charge is 0.435 e. The van der Waals surface area contributed by atoms with Crippen molar-refractivity contribution in [3.63, 3.8) is 0 Å². The van der Waals surface area contributed by atoms with E-state index in [1.54, 1.807) is 54.6 Å². The summed E-state index contributed by atoms with van der Waals surface area (Å²) in [5.74, 6) is -3.06. The Kier molecular flexibility index (Phi) is 13.4. The standard InChI is InChI=1S/C25H22N6O4.C24H18F2N6O5/c1-14-3-6-17(7-4-14)15(2)28-24(33)20-12-19(29-22-9-10-27-31(20)22)23(32)26-13-16-5-8-21-18(11-16)30-25(34)35-21;25-23(26)36-15-3-1-2-13(8-15)11-28-22(34)18-10-17(30-20-6-7-29-32(18)20)21(33)27-12-14-4-5-19-16(9-14)31-24(35)37-19/h3-12,15H,13H2,1-2H3,(H,26,32)(H,28,33)(H,30,34);1-10,23H,11-12H2,(H,27,33)(H,28,34)(H,31,35)/t15-;/m0./s1. The average Bonchev–Trinajstić information content (AvgIpc) is 4.19. The first-order valence-electron chi connectivity index (χ1n) is 21.9. The highest BCUT2D eigenvalue weighted by molar-refractivity contribution is 5.99. The van der Waals surface area contributed by atoms with Gasteiger partial charge in [-0.15, -0.1) is 0 Å². The maximum atomic E-state index is 13.1. The predicted molar refractivity (Wildman–Crippen MR) is 253 cm³/mol. The smallest absolute Gasteiger partial charge is 0.417 e. The summed E-state index contributed by atoms with van der Waals surface area (Å²) in [6.07, 6.45) is 2.96. The molecule has 10 rings (SSSR count). The fraction of sp³-hybridized carbons (Fsp3) is 0.143. The molecule has 0 fully saturated rings. The molecule has 21 nitrogen and oxygen atoms in total. The van der Waals surface area contributed by atoms with Crippen molar-refractivity contribution in [2.45, 2.75) is 46.1 Å². The Morgan fingerprint density at radius 3 is 1.65 bits per heavy atom. The van der Waals surface area contributed by atoms with Crippen LogP contribution >= 0.6 is 0 Å². The minimum absolute atomic E-state index is 0.0109. The second-order valence-electron chi connectivity index (χ2n) is 16.1. The molecule has 0 bridgehead atoms. The minimum Gasteiger partial charge on any atom is -0.435 e. The van der Waals surface area contributed by atoms with Crippen molar-refractivity contribution in [1.82, 2.24) is 60.4 Å². The number of H-pyrrole nitrogens is 2. The zero-order chi connectivity index (χ0) is 50.5. The molecule has 6 heterocycles. The van der Waals surface area contributed by atoms with Gasteiger partial charge in [0.05, 0.1) is 29.5 Å². The highest BCUT2D eigenvalue weighted by Gasteiger charge is 2.21. The van der Waals surface area contributed by atoms with Crippen molar-refractivity contribution >= 4 is 57.1 Å². The van der Waals surface area contributed by atoms with Gasteiger partial charge in [-0.05, 0) is 72.5 Å². The second kappa shape index (κ2) is 20.4.